The Morgan fingerprint density at radius 3 is 3.05 bits per heavy atom. The number of hydrogen-bond donors (Lipinski definition) is 0. The van der Waals surface area contributed by atoms with Gasteiger partial charge in [-0.1, -0.05) is 28.7 Å². The first kappa shape index (κ1) is 15.7. The highest BCUT2D eigenvalue weighted by atomic mass is 127. The van der Waals surface area contributed by atoms with Crippen LogP contribution >= 0.6 is 38.5 Å². The van der Waals surface area contributed by atoms with Gasteiger partial charge in [0.25, 0.3) is 0 Å². The number of nitrogens with zero attached hydrogens (tertiary/aromatic N) is 1. The molecule has 0 N–H and O–H groups in total. The van der Waals surface area contributed by atoms with Crippen molar-refractivity contribution in [3.05, 3.63) is 34.1 Å². The summed E-state index contributed by atoms with van der Waals surface area (Å²) in [5.41, 5.74) is 1.06. The fourth-order valence-electron chi connectivity index (χ4n) is 2.34. The zero-order valence-corrected chi connectivity index (χ0v) is 14.5. The van der Waals surface area contributed by atoms with E-state index < -0.39 is 0 Å². The number of alkyl halides is 1. The summed E-state index contributed by atoms with van der Waals surface area (Å²) in [5.74, 6) is -0.178. The highest BCUT2D eigenvalue weighted by Crippen LogP contribution is 2.18. The monoisotopic (exact) mass is 441 g/mol. The van der Waals surface area contributed by atoms with Crippen molar-refractivity contribution in [1.29, 1.82) is 0 Å². The summed E-state index contributed by atoms with van der Waals surface area (Å²) in [5, 5.41) is 0. The molecule has 0 bridgehead atoms. The van der Waals surface area contributed by atoms with Crippen molar-refractivity contribution in [2.45, 2.75) is 18.9 Å². The molecule has 0 amide bonds. The van der Waals surface area contributed by atoms with Crippen molar-refractivity contribution >= 4 is 38.5 Å². The van der Waals surface area contributed by atoms with E-state index >= 15 is 0 Å². The molecule has 1 aliphatic heterocycles. The third kappa shape index (κ3) is 4.65. The molecule has 1 atom stereocenters. The van der Waals surface area contributed by atoms with E-state index in [1.54, 1.807) is 12.1 Å². The van der Waals surface area contributed by atoms with E-state index in [4.69, 9.17) is 4.74 Å². The lowest BCUT2D eigenvalue weighted by Gasteiger charge is -2.35. The fourth-order valence-corrected chi connectivity index (χ4v) is 3.31. The smallest absolute Gasteiger partial charge is 0.137 e. The lowest BCUT2D eigenvalue weighted by atomic mass is 10.1. The van der Waals surface area contributed by atoms with Crippen LogP contribution in [0.2, 0.25) is 0 Å². The third-order valence-electron chi connectivity index (χ3n) is 3.46. The van der Waals surface area contributed by atoms with E-state index in [0.29, 0.717) is 10.5 Å². The van der Waals surface area contributed by atoms with Crippen LogP contribution in [0.15, 0.2) is 22.7 Å². The van der Waals surface area contributed by atoms with Gasteiger partial charge in [0.1, 0.15) is 5.82 Å². The average molecular weight is 442 g/mol. The van der Waals surface area contributed by atoms with Gasteiger partial charge in [0.05, 0.1) is 17.7 Å². The third-order valence-corrected chi connectivity index (χ3v) is 4.73. The molecule has 19 heavy (non-hydrogen) atoms. The molecular formula is C14H18BrFINO. The van der Waals surface area contributed by atoms with Crippen LogP contribution in [0, 0.1) is 5.82 Å². The van der Waals surface area contributed by atoms with Crippen LogP contribution in [-0.2, 0) is 11.2 Å². The predicted molar refractivity (Wildman–Crippen MR) is 87.5 cm³/mol. The molecule has 0 saturated carbocycles. The molecule has 0 spiro atoms. The summed E-state index contributed by atoms with van der Waals surface area (Å²) in [4.78, 5) is 2.47. The second-order valence-corrected chi connectivity index (χ2v) is 6.67. The summed E-state index contributed by atoms with van der Waals surface area (Å²) in [6, 6.07) is 5.91. The molecule has 0 aromatic heterocycles. The van der Waals surface area contributed by atoms with Gasteiger partial charge in [0.2, 0.25) is 0 Å². The molecule has 1 aromatic rings. The quantitative estimate of drug-likeness (QED) is 0.510. The topological polar surface area (TPSA) is 12.5 Å². The predicted octanol–water partition coefficient (Wildman–Crippen LogP) is 3.66. The first-order valence-corrected chi connectivity index (χ1v) is 8.84. The lowest BCUT2D eigenvalue weighted by Crippen LogP contribution is -2.46. The second-order valence-electron chi connectivity index (χ2n) is 4.74. The number of hydrogen-bond acceptors (Lipinski definition) is 2. The number of morpholine rings is 1. The van der Waals surface area contributed by atoms with Gasteiger partial charge in [-0.3, -0.25) is 4.90 Å². The van der Waals surface area contributed by atoms with E-state index in [9.17, 15) is 4.39 Å². The minimum absolute atomic E-state index is 0.178. The lowest BCUT2D eigenvalue weighted by molar-refractivity contribution is -0.00727. The molecule has 5 heteroatoms. The Hall–Kier alpha value is 0.280. The van der Waals surface area contributed by atoms with Crippen LogP contribution in [0.25, 0.3) is 0 Å². The molecule has 2 nitrogen and oxygen atoms in total. The Bertz CT molecular complexity index is 416. The van der Waals surface area contributed by atoms with E-state index in [0.717, 1.165) is 49.1 Å². The summed E-state index contributed by atoms with van der Waals surface area (Å²) in [6.45, 7) is 3.61. The summed E-state index contributed by atoms with van der Waals surface area (Å²) in [6.07, 6.45) is 2.05. The normalized spacial score (nSPS) is 20.7. The van der Waals surface area contributed by atoms with Crippen LogP contribution in [0.3, 0.4) is 0 Å². The summed E-state index contributed by atoms with van der Waals surface area (Å²) >= 11 is 5.60. The van der Waals surface area contributed by atoms with Crippen molar-refractivity contribution in [2.24, 2.45) is 0 Å². The van der Waals surface area contributed by atoms with Crippen molar-refractivity contribution < 1.29 is 9.13 Å². The van der Waals surface area contributed by atoms with Crippen LogP contribution in [0.1, 0.15) is 12.0 Å². The largest absolute Gasteiger partial charge is 0.378 e. The Morgan fingerprint density at radius 1 is 1.47 bits per heavy atom. The molecule has 1 saturated heterocycles. The first-order chi connectivity index (χ1) is 9.20. The van der Waals surface area contributed by atoms with Crippen LogP contribution < -0.4 is 0 Å². The summed E-state index contributed by atoms with van der Waals surface area (Å²) in [7, 11) is 0. The van der Waals surface area contributed by atoms with Gasteiger partial charge in [-0.25, -0.2) is 4.39 Å². The molecule has 0 aliphatic carbocycles. The Labute approximate surface area is 136 Å². The SMILES string of the molecule is Fc1cc(CCN2CCOCC2CCI)ccc1Br. The Morgan fingerprint density at radius 2 is 2.32 bits per heavy atom. The molecule has 1 fully saturated rings. The van der Waals surface area contributed by atoms with Gasteiger partial charge >= 0.3 is 0 Å². The van der Waals surface area contributed by atoms with Crippen LogP contribution in [-0.4, -0.2) is 41.7 Å². The standard InChI is InChI=1S/C14H18BrFINO/c15-13-2-1-11(9-14(13)16)4-6-18-7-8-19-10-12(18)3-5-17/h1-2,9,12H,3-8,10H2. The highest BCUT2D eigenvalue weighted by molar-refractivity contribution is 14.1. The van der Waals surface area contributed by atoms with E-state index in [2.05, 4.69) is 43.4 Å². The molecule has 1 aromatic carbocycles. The van der Waals surface area contributed by atoms with Gasteiger partial charge in [-0.05, 0) is 46.5 Å². The van der Waals surface area contributed by atoms with Gasteiger partial charge in [0, 0.05) is 23.6 Å². The van der Waals surface area contributed by atoms with Gasteiger partial charge in [-0.15, -0.1) is 0 Å². The maximum Gasteiger partial charge on any atom is 0.137 e. The number of halogens is 3. The minimum Gasteiger partial charge on any atom is -0.378 e. The molecule has 1 aliphatic rings. The molecule has 2 rings (SSSR count). The minimum atomic E-state index is -0.178. The first-order valence-electron chi connectivity index (χ1n) is 6.52. The van der Waals surface area contributed by atoms with Crippen LogP contribution in [0.4, 0.5) is 4.39 Å². The molecule has 1 unspecified atom stereocenters. The summed E-state index contributed by atoms with van der Waals surface area (Å²) < 4.78 is 20.7. The van der Waals surface area contributed by atoms with Crippen molar-refractivity contribution in [3.8, 4) is 0 Å². The van der Waals surface area contributed by atoms with Gasteiger partial charge in [-0.2, -0.15) is 0 Å². The zero-order valence-electron chi connectivity index (χ0n) is 10.7. The van der Waals surface area contributed by atoms with E-state index in [1.807, 2.05) is 6.07 Å². The Kier molecular flexibility index (Phi) is 6.52. The Balaban J connectivity index is 1.90. The molecular weight excluding hydrogens is 424 g/mol. The van der Waals surface area contributed by atoms with Crippen molar-refractivity contribution in [2.75, 3.05) is 30.7 Å². The molecule has 0 radical (unpaired) electrons. The van der Waals surface area contributed by atoms with Crippen molar-refractivity contribution in [1.82, 2.24) is 4.90 Å². The number of benzene rings is 1. The highest BCUT2D eigenvalue weighted by Gasteiger charge is 2.21. The van der Waals surface area contributed by atoms with Crippen molar-refractivity contribution in [3.63, 3.8) is 0 Å². The number of ether oxygens (including phenoxy) is 1. The van der Waals surface area contributed by atoms with Crippen LogP contribution in [0.5, 0.6) is 0 Å². The van der Waals surface area contributed by atoms with E-state index in [1.165, 1.54) is 0 Å². The van der Waals surface area contributed by atoms with Gasteiger partial charge in [0.15, 0.2) is 0 Å². The molecule has 106 valence electrons. The van der Waals surface area contributed by atoms with E-state index in [-0.39, 0.29) is 5.82 Å². The maximum atomic E-state index is 13.5. The molecule has 1 heterocycles. The fraction of sp³-hybridized carbons (Fsp3) is 0.571. The second kappa shape index (κ2) is 7.90. The maximum absolute atomic E-state index is 13.5. The van der Waals surface area contributed by atoms with Gasteiger partial charge < -0.3 is 4.74 Å². The average Bonchev–Trinajstić information content (AvgIpc) is 2.42. The zero-order chi connectivity index (χ0) is 13.7. The number of rotatable bonds is 5.